The molecule has 2 fully saturated rings. The van der Waals surface area contributed by atoms with Crippen LogP contribution >= 0.6 is 0 Å². The maximum atomic E-state index is 12.7. The van der Waals surface area contributed by atoms with Gasteiger partial charge in [-0.15, -0.1) is 0 Å². The average molecular weight is 290 g/mol. The van der Waals surface area contributed by atoms with Crippen molar-refractivity contribution in [1.82, 2.24) is 19.8 Å². The third-order valence-corrected chi connectivity index (χ3v) is 4.71. The van der Waals surface area contributed by atoms with E-state index in [1.165, 1.54) is 0 Å². The van der Waals surface area contributed by atoms with E-state index in [0.717, 1.165) is 26.1 Å². The van der Waals surface area contributed by atoms with E-state index in [-0.39, 0.29) is 18.1 Å². The molecule has 21 heavy (non-hydrogen) atoms. The fourth-order valence-corrected chi connectivity index (χ4v) is 3.58. The highest BCUT2D eigenvalue weighted by Gasteiger charge is 2.46. The highest BCUT2D eigenvalue weighted by Crippen LogP contribution is 2.32. The molecule has 6 nitrogen and oxygen atoms in total. The summed E-state index contributed by atoms with van der Waals surface area (Å²) in [7, 11) is 1.77. The van der Waals surface area contributed by atoms with Gasteiger partial charge in [0.25, 0.3) is 5.91 Å². The zero-order chi connectivity index (χ0) is 14.8. The molecule has 0 radical (unpaired) electrons. The van der Waals surface area contributed by atoms with Gasteiger partial charge in [0.05, 0.1) is 12.1 Å². The summed E-state index contributed by atoms with van der Waals surface area (Å²) in [5.41, 5.74) is 0. The lowest BCUT2D eigenvalue weighted by atomic mass is 9.89. The van der Waals surface area contributed by atoms with Crippen LogP contribution in [0.2, 0.25) is 0 Å². The summed E-state index contributed by atoms with van der Waals surface area (Å²) in [4.78, 5) is 25.2. The van der Waals surface area contributed by atoms with Gasteiger partial charge in [-0.25, -0.2) is 9.97 Å². The number of likely N-dealkylation sites (N-methyl/N-ethyl adjacent to an activating group) is 1. The molecule has 0 aromatic carbocycles. The van der Waals surface area contributed by atoms with E-state index in [1.54, 1.807) is 25.6 Å². The lowest BCUT2D eigenvalue weighted by Gasteiger charge is -2.40. The summed E-state index contributed by atoms with van der Waals surface area (Å²) in [6.07, 6.45) is 4.36. The van der Waals surface area contributed by atoms with E-state index in [9.17, 15) is 4.79 Å². The molecule has 0 aliphatic carbocycles. The Hall–Kier alpha value is -1.53. The largest absolute Gasteiger partial charge is 0.381 e. The topological polar surface area (TPSA) is 58.6 Å². The number of carbonyl (C=O) groups is 1. The van der Waals surface area contributed by atoms with Crippen molar-refractivity contribution in [2.45, 2.75) is 25.5 Å². The van der Waals surface area contributed by atoms with Crippen LogP contribution in [0.3, 0.4) is 0 Å². The van der Waals surface area contributed by atoms with Crippen LogP contribution in [-0.2, 0) is 4.74 Å². The number of likely N-dealkylation sites (tertiary alicyclic amines) is 2. The SMILES string of the molecule is CCN1C[C@@H]2[C@@H](OC)CCN(C(=O)c3ncccn3)[C@@H]2C1. The lowest BCUT2D eigenvalue weighted by molar-refractivity contribution is -0.0160. The number of methoxy groups -OCH3 is 1. The smallest absolute Gasteiger partial charge is 0.291 e. The number of ether oxygens (including phenoxy) is 1. The number of rotatable bonds is 3. The first kappa shape index (κ1) is 14.4. The lowest BCUT2D eigenvalue weighted by Crippen LogP contribution is -2.53. The Bertz CT molecular complexity index is 496. The molecule has 1 aromatic heterocycles. The normalized spacial score (nSPS) is 29.4. The van der Waals surface area contributed by atoms with Gasteiger partial charge in [0.2, 0.25) is 5.82 Å². The van der Waals surface area contributed by atoms with Crippen molar-refractivity contribution < 1.29 is 9.53 Å². The molecule has 0 spiro atoms. The highest BCUT2D eigenvalue weighted by molar-refractivity contribution is 5.90. The average Bonchev–Trinajstić information content (AvgIpc) is 2.98. The van der Waals surface area contributed by atoms with Crippen LogP contribution < -0.4 is 0 Å². The molecule has 3 atom stereocenters. The number of hydrogen-bond acceptors (Lipinski definition) is 5. The number of amides is 1. The first-order valence-corrected chi connectivity index (χ1v) is 7.57. The van der Waals surface area contributed by atoms with E-state index in [0.29, 0.717) is 18.3 Å². The summed E-state index contributed by atoms with van der Waals surface area (Å²) in [5, 5.41) is 0. The third-order valence-electron chi connectivity index (χ3n) is 4.71. The van der Waals surface area contributed by atoms with Crippen LogP contribution in [0.25, 0.3) is 0 Å². The standard InChI is InChI=1S/C15H22N4O2/c1-3-18-9-11-12(10-18)19(8-5-13(11)21-2)15(20)14-16-6-4-7-17-14/h4,6-7,11-13H,3,5,8-10H2,1-2H3/t11-,12+,13-/m0/s1. The van der Waals surface area contributed by atoms with Crippen LogP contribution in [0, 0.1) is 5.92 Å². The zero-order valence-corrected chi connectivity index (χ0v) is 12.6. The number of aromatic nitrogens is 2. The van der Waals surface area contributed by atoms with Crippen molar-refractivity contribution >= 4 is 5.91 Å². The quantitative estimate of drug-likeness (QED) is 0.818. The molecular weight excluding hydrogens is 268 g/mol. The Morgan fingerprint density at radius 2 is 2.14 bits per heavy atom. The van der Waals surface area contributed by atoms with Crippen molar-refractivity contribution in [1.29, 1.82) is 0 Å². The maximum absolute atomic E-state index is 12.7. The summed E-state index contributed by atoms with van der Waals surface area (Å²) in [5.74, 6) is 0.622. The molecule has 2 aliphatic rings. The Labute approximate surface area is 125 Å². The first-order valence-electron chi connectivity index (χ1n) is 7.57. The van der Waals surface area contributed by atoms with Gasteiger partial charge in [0.15, 0.2) is 0 Å². The number of piperidine rings is 1. The van der Waals surface area contributed by atoms with Gasteiger partial charge in [-0.2, -0.15) is 0 Å². The van der Waals surface area contributed by atoms with Crippen molar-refractivity contribution in [3.63, 3.8) is 0 Å². The fourth-order valence-electron chi connectivity index (χ4n) is 3.58. The van der Waals surface area contributed by atoms with Crippen LogP contribution in [0.15, 0.2) is 18.5 Å². The molecule has 0 N–H and O–H groups in total. The second-order valence-corrected chi connectivity index (χ2v) is 5.72. The predicted molar refractivity (Wildman–Crippen MR) is 77.9 cm³/mol. The van der Waals surface area contributed by atoms with E-state index in [1.807, 2.05) is 4.90 Å². The summed E-state index contributed by atoms with van der Waals surface area (Å²) in [6, 6.07) is 1.94. The summed E-state index contributed by atoms with van der Waals surface area (Å²) in [6.45, 7) is 5.80. The fraction of sp³-hybridized carbons (Fsp3) is 0.667. The number of nitrogens with zero attached hydrogens (tertiary/aromatic N) is 4. The zero-order valence-electron chi connectivity index (χ0n) is 12.6. The minimum absolute atomic E-state index is 0.0573. The van der Waals surface area contributed by atoms with Crippen LogP contribution in [0.1, 0.15) is 24.0 Å². The first-order chi connectivity index (χ1) is 10.2. The van der Waals surface area contributed by atoms with Crippen LogP contribution in [-0.4, -0.2) is 71.1 Å². The molecule has 0 saturated carbocycles. The van der Waals surface area contributed by atoms with E-state index >= 15 is 0 Å². The molecule has 1 amide bonds. The molecule has 0 unspecified atom stereocenters. The van der Waals surface area contributed by atoms with Crippen molar-refractivity contribution in [3.05, 3.63) is 24.3 Å². The minimum Gasteiger partial charge on any atom is -0.381 e. The Morgan fingerprint density at radius 3 is 2.81 bits per heavy atom. The van der Waals surface area contributed by atoms with Gasteiger partial charge in [-0.05, 0) is 19.0 Å². The van der Waals surface area contributed by atoms with Crippen molar-refractivity contribution in [3.8, 4) is 0 Å². The monoisotopic (exact) mass is 290 g/mol. The second kappa shape index (κ2) is 6.07. The van der Waals surface area contributed by atoms with Crippen molar-refractivity contribution in [2.75, 3.05) is 33.3 Å². The predicted octanol–water partition coefficient (Wildman–Crippen LogP) is 0.658. The number of carbonyl (C=O) groups excluding carboxylic acids is 1. The van der Waals surface area contributed by atoms with E-state index < -0.39 is 0 Å². The van der Waals surface area contributed by atoms with Crippen LogP contribution in [0.4, 0.5) is 0 Å². The second-order valence-electron chi connectivity index (χ2n) is 5.72. The molecule has 2 aliphatic heterocycles. The minimum atomic E-state index is -0.0573. The summed E-state index contributed by atoms with van der Waals surface area (Å²) >= 11 is 0. The molecule has 0 bridgehead atoms. The van der Waals surface area contributed by atoms with E-state index in [2.05, 4.69) is 21.8 Å². The molecule has 1 aromatic rings. The Kier molecular flexibility index (Phi) is 4.17. The molecule has 114 valence electrons. The Morgan fingerprint density at radius 1 is 1.38 bits per heavy atom. The number of fused-ring (bicyclic) bond motifs is 1. The van der Waals surface area contributed by atoms with Gasteiger partial charge in [-0.3, -0.25) is 4.79 Å². The van der Waals surface area contributed by atoms with E-state index in [4.69, 9.17) is 4.74 Å². The number of hydrogen-bond donors (Lipinski definition) is 0. The van der Waals surface area contributed by atoms with Gasteiger partial charge in [0, 0.05) is 45.1 Å². The molecule has 3 heterocycles. The maximum Gasteiger partial charge on any atom is 0.291 e. The Balaban J connectivity index is 1.81. The van der Waals surface area contributed by atoms with Gasteiger partial charge in [-0.1, -0.05) is 6.92 Å². The molecular formula is C15H22N4O2. The molecule has 6 heteroatoms. The van der Waals surface area contributed by atoms with Crippen molar-refractivity contribution in [2.24, 2.45) is 5.92 Å². The summed E-state index contributed by atoms with van der Waals surface area (Å²) < 4.78 is 5.64. The highest BCUT2D eigenvalue weighted by atomic mass is 16.5. The van der Waals surface area contributed by atoms with Gasteiger partial charge in [0.1, 0.15) is 0 Å². The molecule has 3 rings (SSSR count). The third kappa shape index (κ3) is 2.65. The van der Waals surface area contributed by atoms with Gasteiger partial charge >= 0.3 is 0 Å². The van der Waals surface area contributed by atoms with Crippen LogP contribution in [0.5, 0.6) is 0 Å². The van der Waals surface area contributed by atoms with Gasteiger partial charge < -0.3 is 14.5 Å². The molecule has 2 saturated heterocycles.